The van der Waals surface area contributed by atoms with Crippen LogP contribution in [0.3, 0.4) is 0 Å². The Morgan fingerprint density at radius 2 is 2.31 bits per heavy atom. The monoisotopic (exact) mass is 238 g/mol. The Bertz CT molecular complexity index is 345. The summed E-state index contributed by atoms with van der Waals surface area (Å²) in [6.45, 7) is 2.23. The van der Waals surface area contributed by atoms with Crippen LogP contribution < -0.4 is 4.74 Å². The largest absolute Gasteiger partial charge is 0.489 e. The zero-order valence-corrected chi connectivity index (χ0v) is 10.5. The molecule has 0 aromatic carbocycles. The Balaban J connectivity index is 1.98. The molecule has 0 bridgehead atoms. The number of rotatable bonds is 4. The molecule has 2 atom stereocenters. The van der Waals surface area contributed by atoms with E-state index in [1.807, 2.05) is 11.4 Å². The molecule has 1 aliphatic carbocycles. The molecule has 2 nitrogen and oxygen atoms in total. The molecule has 16 heavy (non-hydrogen) atoms. The fourth-order valence-electron chi connectivity index (χ4n) is 2.43. The van der Waals surface area contributed by atoms with Crippen LogP contribution in [0.1, 0.15) is 48.7 Å². The molecule has 0 radical (unpaired) electrons. The van der Waals surface area contributed by atoms with Gasteiger partial charge in [0.05, 0.1) is 4.88 Å². The first kappa shape index (κ1) is 11.6. The third-order valence-corrected chi connectivity index (χ3v) is 4.20. The van der Waals surface area contributed by atoms with Crippen LogP contribution in [0.5, 0.6) is 5.75 Å². The molecule has 2 rings (SSSR count). The van der Waals surface area contributed by atoms with Crippen LogP contribution in [0.2, 0.25) is 0 Å². The van der Waals surface area contributed by atoms with E-state index in [-0.39, 0.29) is 0 Å². The van der Waals surface area contributed by atoms with Crippen molar-refractivity contribution in [2.75, 3.05) is 0 Å². The summed E-state index contributed by atoms with van der Waals surface area (Å²) in [5.74, 6) is 1.56. The molecule has 0 amide bonds. The molecule has 1 aliphatic rings. The second-order valence-corrected chi connectivity index (χ2v) is 5.35. The highest BCUT2D eigenvalue weighted by molar-refractivity contribution is 7.11. The van der Waals surface area contributed by atoms with E-state index in [0.29, 0.717) is 12.0 Å². The van der Waals surface area contributed by atoms with E-state index in [1.165, 1.54) is 37.0 Å². The number of hydrogen-bond acceptors (Lipinski definition) is 3. The van der Waals surface area contributed by atoms with E-state index in [9.17, 15) is 4.79 Å². The summed E-state index contributed by atoms with van der Waals surface area (Å²) in [5.41, 5.74) is 0. The van der Waals surface area contributed by atoms with Gasteiger partial charge in [-0.2, -0.15) is 0 Å². The lowest BCUT2D eigenvalue weighted by Gasteiger charge is -2.30. The normalized spacial score (nSPS) is 25.3. The lowest BCUT2D eigenvalue weighted by atomic mass is 9.85. The molecule has 0 aliphatic heterocycles. The van der Waals surface area contributed by atoms with Gasteiger partial charge >= 0.3 is 0 Å². The van der Waals surface area contributed by atoms with Crippen molar-refractivity contribution in [3.05, 3.63) is 16.3 Å². The quantitative estimate of drug-likeness (QED) is 0.743. The molecule has 0 N–H and O–H groups in total. The van der Waals surface area contributed by atoms with Crippen LogP contribution in [0.15, 0.2) is 11.4 Å². The molecular formula is C13H18O2S. The van der Waals surface area contributed by atoms with E-state index < -0.39 is 0 Å². The summed E-state index contributed by atoms with van der Waals surface area (Å²) in [5, 5.41) is 1.94. The number of ether oxygens (including phenoxy) is 1. The van der Waals surface area contributed by atoms with E-state index in [1.54, 1.807) is 0 Å². The Hall–Kier alpha value is -0.830. The molecule has 1 fully saturated rings. The Morgan fingerprint density at radius 1 is 1.50 bits per heavy atom. The minimum Gasteiger partial charge on any atom is -0.489 e. The third-order valence-electron chi connectivity index (χ3n) is 3.36. The zero-order chi connectivity index (χ0) is 11.4. The van der Waals surface area contributed by atoms with Crippen LogP contribution in [0.4, 0.5) is 0 Å². The second kappa shape index (κ2) is 5.48. The minimum absolute atomic E-state index is 0.354. The smallest absolute Gasteiger partial charge is 0.160 e. The maximum Gasteiger partial charge on any atom is 0.160 e. The Morgan fingerprint density at radius 3 is 3.00 bits per heavy atom. The topological polar surface area (TPSA) is 26.3 Å². The van der Waals surface area contributed by atoms with Gasteiger partial charge in [0.1, 0.15) is 11.9 Å². The number of hydrogen-bond donors (Lipinski definition) is 0. The van der Waals surface area contributed by atoms with Crippen molar-refractivity contribution in [2.24, 2.45) is 5.92 Å². The molecule has 0 saturated heterocycles. The van der Waals surface area contributed by atoms with Crippen LogP contribution in [0.25, 0.3) is 0 Å². The summed E-state index contributed by atoms with van der Waals surface area (Å²) in [4.78, 5) is 11.3. The molecule has 3 heteroatoms. The summed E-state index contributed by atoms with van der Waals surface area (Å²) >= 11 is 1.45. The van der Waals surface area contributed by atoms with Crippen LogP contribution >= 0.6 is 11.3 Å². The van der Waals surface area contributed by atoms with Crippen LogP contribution in [0, 0.1) is 5.92 Å². The number of thiophene rings is 1. The van der Waals surface area contributed by atoms with Gasteiger partial charge in [-0.1, -0.05) is 13.3 Å². The van der Waals surface area contributed by atoms with Gasteiger partial charge in [-0.25, -0.2) is 0 Å². The highest BCUT2D eigenvalue weighted by atomic mass is 32.1. The number of carbonyl (C=O) groups is 1. The predicted molar refractivity (Wildman–Crippen MR) is 66.4 cm³/mol. The zero-order valence-electron chi connectivity index (χ0n) is 9.65. The van der Waals surface area contributed by atoms with Gasteiger partial charge in [0, 0.05) is 11.4 Å². The van der Waals surface area contributed by atoms with Crippen molar-refractivity contribution in [3.8, 4) is 5.75 Å². The Labute approximate surface area is 101 Å². The lowest BCUT2D eigenvalue weighted by molar-refractivity contribution is 0.0907. The molecule has 88 valence electrons. The predicted octanol–water partition coefficient (Wildman–Crippen LogP) is 3.91. The fourth-order valence-corrected chi connectivity index (χ4v) is 3.04. The van der Waals surface area contributed by atoms with Gasteiger partial charge in [-0.15, -0.1) is 11.3 Å². The summed E-state index contributed by atoms with van der Waals surface area (Å²) in [7, 11) is 0. The van der Waals surface area contributed by atoms with Crippen molar-refractivity contribution < 1.29 is 9.53 Å². The van der Waals surface area contributed by atoms with E-state index in [2.05, 4.69) is 6.92 Å². The average Bonchev–Trinajstić information content (AvgIpc) is 2.77. The highest BCUT2D eigenvalue weighted by Gasteiger charge is 2.25. The second-order valence-electron chi connectivity index (χ2n) is 4.41. The summed E-state index contributed by atoms with van der Waals surface area (Å²) in [6, 6.07) is 1.85. The standard InChI is InChI=1S/C13H18O2S/c1-2-10-5-3-4-6-13(10)15-11-7-12(8-14)16-9-11/h7-10,13H,2-6H2,1H3. The fraction of sp³-hybridized carbons (Fsp3) is 0.615. The van der Waals surface area contributed by atoms with Crippen molar-refractivity contribution in [3.63, 3.8) is 0 Å². The lowest BCUT2D eigenvalue weighted by Crippen LogP contribution is -2.29. The highest BCUT2D eigenvalue weighted by Crippen LogP contribution is 2.31. The Kier molecular flexibility index (Phi) is 3.99. The molecule has 0 spiro atoms. The first-order valence-electron chi connectivity index (χ1n) is 6.04. The minimum atomic E-state index is 0.354. The van der Waals surface area contributed by atoms with Crippen LogP contribution in [-0.2, 0) is 0 Å². The van der Waals surface area contributed by atoms with Gasteiger partial charge in [0.15, 0.2) is 6.29 Å². The van der Waals surface area contributed by atoms with E-state index in [0.717, 1.165) is 23.3 Å². The van der Waals surface area contributed by atoms with Crippen molar-refractivity contribution in [1.82, 2.24) is 0 Å². The molecule has 1 heterocycles. The van der Waals surface area contributed by atoms with Gasteiger partial charge in [-0.05, 0) is 31.6 Å². The molecule has 1 aromatic rings. The van der Waals surface area contributed by atoms with E-state index >= 15 is 0 Å². The van der Waals surface area contributed by atoms with Gasteiger partial charge < -0.3 is 4.74 Å². The maximum atomic E-state index is 10.6. The van der Waals surface area contributed by atoms with Gasteiger partial charge in [-0.3, -0.25) is 4.79 Å². The van der Waals surface area contributed by atoms with Crippen LogP contribution in [-0.4, -0.2) is 12.4 Å². The molecule has 2 unspecified atom stereocenters. The van der Waals surface area contributed by atoms with Crippen molar-refractivity contribution in [2.45, 2.75) is 45.1 Å². The molecule has 1 saturated carbocycles. The van der Waals surface area contributed by atoms with E-state index in [4.69, 9.17) is 4.74 Å². The van der Waals surface area contributed by atoms with Gasteiger partial charge in [0.25, 0.3) is 0 Å². The third kappa shape index (κ3) is 2.64. The van der Waals surface area contributed by atoms with Crippen molar-refractivity contribution in [1.29, 1.82) is 0 Å². The average molecular weight is 238 g/mol. The van der Waals surface area contributed by atoms with Crippen molar-refractivity contribution >= 4 is 17.6 Å². The maximum absolute atomic E-state index is 10.6. The summed E-state index contributed by atoms with van der Waals surface area (Å²) < 4.78 is 5.99. The first-order chi connectivity index (χ1) is 7.83. The summed E-state index contributed by atoms with van der Waals surface area (Å²) in [6.07, 6.45) is 7.47. The number of carbonyl (C=O) groups excluding carboxylic acids is 1. The number of aldehydes is 1. The SMILES string of the molecule is CCC1CCCCC1Oc1csc(C=O)c1. The molecular weight excluding hydrogens is 220 g/mol. The van der Waals surface area contributed by atoms with Gasteiger partial charge in [0.2, 0.25) is 0 Å². The first-order valence-corrected chi connectivity index (χ1v) is 6.91. The molecule has 1 aromatic heterocycles.